The van der Waals surface area contributed by atoms with Crippen molar-refractivity contribution in [2.75, 3.05) is 7.11 Å². The highest BCUT2D eigenvalue weighted by molar-refractivity contribution is 7.85. The Hall–Kier alpha value is -2.63. The predicted octanol–water partition coefficient (Wildman–Crippen LogP) is 2.33. The molecular formula is C17H18N4O3S. The van der Waals surface area contributed by atoms with Gasteiger partial charge in [0.15, 0.2) is 0 Å². The van der Waals surface area contributed by atoms with E-state index < -0.39 is 10.1 Å². The number of hydrogen-bond donors (Lipinski definition) is 0. The average Bonchev–Trinajstić information content (AvgIpc) is 3.06. The Labute approximate surface area is 146 Å². The Balaban J connectivity index is 2.26. The summed E-state index contributed by atoms with van der Waals surface area (Å²) in [5.74, 6) is 0.375. The summed E-state index contributed by atoms with van der Waals surface area (Å²) >= 11 is 0. The number of rotatable bonds is 4. The summed E-state index contributed by atoms with van der Waals surface area (Å²) in [4.78, 5) is 4.64. The van der Waals surface area contributed by atoms with Gasteiger partial charge in [-0.05, 0) is 43.7 Å². The van der Waals surface area contributed by atoms with Crippen molar-refractivity contribution in [1.29, 1.82) is 5.26 Å². The van der Waals surface area contributed by atoms with Crippen molar-refractivity contribution in [3.63, 3.8) is 0 Å². The quantitative estimate of drug-likeness (QED) is 0.668. The van der Waals surface area contributed by atoms with Crippen LogP contribution >= 0.6 is 0 Å². The molecule has 0 aliphatic carbocycles. The topological polar surface area (TPSA) is 89.9 Å². The van der Waals surface area contributed by atoms with Crippen molar-refractivity contribution < 1.29 is 12.6 Å². The van der Waals surface area contributed by atoms with E-state index in [9.17, 15) is 13.7 Å². The van der Waals surface area contributed by atoms with Gasteiger partial charge < -0.3 is 4.57 Å². The Morgan fingerprint density at radius 1 is 1.24 bits per heavy atom. The Morgan fingerprint density at radius 3 is 2.44 bits per heavy atom. The molecule has 2 heterocycles. The Bertz CT molecular complexity index is 1100. The van der Waals surface area contributed by atoms with Crippen LogP contribution in [0.2, 0.25) is 0 Å². The van der Waals surface area contributed by atoms with Crippen LogP contribution in [-0.2, 0) is 27.1 Å². The third-order valence-corrected chi connectivity index (χ3v) is 5.39. The fraction of sp³-hybridized carbons (Fsp3) is 0.294. The highest BCUT2D eigenvalue weighted by Crippen LogP contribution is 2.26. The number of benzene rings is 1. The lowest BCUT2D eigenvalue weighted by atomic mass is 10.1. The van der Waals surface area contributed by atoms with E-state index in [1.165, 1.54) is 0 Å². The lowest BCUT2D eigenvalue weighted by Gasteiger charge is -2.09. The van der Waals surface area contributed by atoms with Gasteiger partial charge in [-0.3, -0.25) is 8.75 Å². The molecule has 8 heteroatoms. The first-order valence-corrected chi connectivity index (χ1v) is 9.18. The van der Waals surface area contributed by atoms with E-state index in [1.54, 1.807) is 12.1 Å². The minimum absolute atomic E-state index is 0.304. The standard InChI is InChI=1S/C17H18N4O3S/c1-11-5-6-12(2)21(11)17-19-15-8-13(10-25(22,23)24-4)7-14(9-18)16(15)20(17)3/h5-8H,10H2,1-4H3. The van der Waals surface area contributed by atoms with Crippen LogP contribution < -0.4 is 0 Å². The van der Waals surface area contributed by atoms with Crippen LogP contribution in [0, 0.1) is 25.2 Å². The van der Waals surface area contributed by atoms with Gasteiger partial charge in [-0.2, -0.15) is 13.7 Å². The summed E-state index contributed by atoms with van der Waals surface area (Å²) in [5.41, 5.74) is 4.14. The molecule has 130 valence electrons. The van der Waals surface area contributed by atoms with E-state index >= 15 is 0 Å². The number of nitrogens with zero attached hydrogens (tertiary/aromatic N) is 4. The molecule has 3 rings (SSSR count). The van der Waals surface area contributed by atoms with E-state index in [1.807, 2.05) is 42.2 Å². The molecule has 0 atom stereocenters. The number of aryl methyl sites for hydroxylation is 3. The molecular weight excluding hydrogens is 340 g/mol. The third kappa shape index (κ3) is 2.92. The van der Waals surface area contributed by atoms with Crippen LogP contribution in [0.15, 0.2) is 24.3 Å². The molecule has 0 aliphatic heterocycles. The van der Waals surface area contributed by atoms with Gasteiger partial charge in [-0.1, -0.05) is 0 Å². The molecule has 0 unspecified atom stereocenters. The number of aromatic nitrogens is 3. The highest BCUT2D eigenvalue weighted by atomic mass is 32.2. The fourth-order valence-corrected chi connectivity index (χ4v) is 3.71. The second kappa shape index (κ2) is 6.02. The molecule has 3 aromatic rings. The van der Waals surface area contributed by atoms with Gasteiger partial charge >= 0.3 is 0 Å². The first kappa shape index (κ1) is 17.2. The van der Waals surface area contributed by atoms with Crippen LogP contribution in [0.3, 0.4) is 0 Å². The Kier molecular flexibility index (Phi) is 4.14. The van der Waals surface area contributed by atoms with Crippen molar-refractivity contribution in [2.45, 2.75) is 19.6 Å². The lowest BCUT2D eigenvalue weighted by Crippen LogP contribution is -2.07. The molecule has 0 N–H and O–H groups in total. The van der Waals surface area contributed by atoms with Crippen molar-refractivity contribution in [3.8, 4) is 12.0 Å². The van der Waals surface area contributed by atoms with E-state index in [-0.39, 0.29) is 5.75 Å². The van der Waals surface area contributed by atoms with Crippen molar-refractivity contribution in [2.24, 2.45) is 7.05 Å². The van der Waals surface area contributed by atoms with Gasteiger partial charge in [-0.15, -0.1) is 0 Å². The summed E-state index contributed by atoms with van der Waals surface area (Å²) in [6, 6.07) is 9.38. The molecule has 0 radical (unpaired) electrons. The average molecular weight is 358 g/mol. The van der Waals surface area contributed by atoms with E-state index in [0.717, 1.165) is 18.5 Å². The molecule has 0 bridgehead atoms. The van der Waals surface area contributed by atoms with Crippen molar-refractivity contribution in [1.82, 2.24) is 14.1 Å². The number of nitriles is 1. The molecule has 0 amide bonds. The van der Waals surface area contributed by atoms with Crippen LogP contribution in [0.25, 0.3) is 17.0 Å². The maximum atomic E-state index is 11.7. The number of hydrogen-bond acceptors (Lipinski definition) is 5. The highest BCUT2D eigenvalue weighted by Gasteiger charge is 2.18. The van der Waals surface area contributed by atoms with Gasteiger partial charge in [0.1, 0.15) is 11.8 Å². The van der Waals surface area contributed by atoms with Gasteiger partial charge in [0, 0.05) is 18.4 Å². The minimum Gasteiger partial charge on any atom is -0.312 e. The normalized spacial score (nSPS) is 11.8. The number of imidazole rings is 1. The lowest BCUT2D eigenvalue weighted by molar-refractivity contribution is 0.397. The fourth-order valence-electron chi connectivity index (χ4n) is 3.01. The van der Waals surface area contributed by atoms with Crippen LogP contribution in [-0.4, -0.2) is 29.6 Å². The third-order valence-electron chi connectivity index (χ3n) is 4.19. The molecule has 1 aromatic carbocycles. The molecule has 0 fully saturated rings. The summed E-state index contributed by atoms with van der Waals surface area (Å²) in [5, 5.41) is 9.51. The zero-order valence-corrected chi connectivity index (χ0v) is 15.3. The van der Waals surface area contributed by atoms with Gasteiger partial charge in [0.05, 0.1) is 23.7 Å². The van der Waals surface area contributed by atoms with Crippen molar-refractivity contribution >= 4 is 21.2 Å². The molecule has 2 aromatic heterocycles. The molecule has 25 heavy (non-hydrogen) atoms. The number of fused-ring (bicyclic) bond motifs is 1. The largest absolute Gasteiger partial charge is 0.312 e. The molecule has 0 saturated carbocycles. The SMILES string of the molecule is COS(=O)(=O)Cc1cc(C#N)c2c(c1)nc(-n1c(C)ccc1C)n2C. The smallest absolute Gasteiger partial charge is 0.271 e. The summed E-state index contributed by atoms with van der Waals surface area (Å²) < 4.78 is 31.8. The molecule has 0 saturated heterocycles. The predicted molar refractivity (Wildman–Crippen MR) is 93.9 cm³/mol. The van der Waals surface area contributed by atoms with E-state index in [2.05, 4.69) is 15.2 Å². The van der Waals surface area contributed by atoms with Crippen LogP contribution in [0.4, 0.5) is 0 Å². The first-order chi connectivity index (χ1) is 11.8. The zero-order valence-electron chi connectivity index (χ0n) is 14.4. The van der Waals surface area contributed by atoms with E-state index in [0.29, 0.717) is 28.1 Å². The minimum atomic E-state index is -3.68. The Morgan fingerprint density at radius 2 is 1.88 bits per heavy atom. The molecule has 0 aliphatic rings. The molecule has 0 spiro atoms. The monoisotopic (exact) mass is 358 g/mol. The second-order valence-electron chi connectivity index (χ2n) is 5.91. The van der Waals surface area contributed by atoms with Gasteiger partial charge in [0.25, 0.3) is 10.1 Å². The summed E-state index contributed by atoms with van der Waals surface area (Å²) in [6.07, 6.45) is 0. The first-order valence-electron chi connectivity index (χ1n) is 7.60. The van der Waals surface area contributed by atoms with Gasteiger partial charge in [-0.25, -0.2) is 4.98 Å². The van der Waals surface area contributed by atoms with Crippen molar-refractivity contribution in [3.05, 3.63) is 46.8 Å². The second-order valence-corrected chi connectivity index (χ2v) is 7.65. The summed E-state index contributed by atoms with van der Waals surface area (Å²) in [7, 11) is -0.712. The van der Waals surface area contributed by atoms with E-state index in [4.69, 9.17) is 0 Å². The molecule has 7 nitrogen and oxygen atoms in total. The maximum Gasteiger partial charge on any atom is 0.271 e. The van der Waals surface area contributed by atoms with Gasteiger partial charge in [0.2, 0.25) is 5.95 Å². The maximum absolute atomic E-state index is 11.7. The van der Waals surface area contributed by atoms with Crippen LogP contribution in [0.1, 0.15) is 22.5 Å². The summed E-state index contributed by atoms with van der Waals surface area (Å²) in [6.45, 7) is 3.96. The van der Waals surface area contributed by atoms with Crippen LogP contribution in [0.5, 0.6) is 0 Å². The zero-order chi connectivity index (χ0) is 18.4.